The smallest absolute Gasteiger partial charge is 0.00484 e. The van der Waals surface area contributed by atoms with Gasteiger partial charge in [-0.05, 0) is 38.9 Å². The molecule has 3 N–H and O–H groups in total. The summed E-state index contributed by atoms with van der Waals surface area (Å²) in [5, 5.41) is 3.52. The molecule has 0 fully saturated rings. The normalized spacial score (nSPS) is 11.3. The fourth-order valence-corrected chi connectivity index (χ4v) is 3.67. The Labute approximate surface area is 166 Å². The van der Waals surface area contributed by atoms with E-state index in [1.54, 1.807) is 0 Å². The minimum atomic E-state index is 0.834. The van der Waals surface area contributed by atoms with E-state index in [0.717, 1.165) is 19.5 Å². The Kier molecular flexibility index (Phi) is 24.8. The van der Waals surface area contributed by atoms with Gasteiger partial charge in [-0.15, -0.1) is 0 Å². The third-order valence-corrected chi connectivity index (χ3v) is 5.51. The molecule has 0 aliphatic rings. The third-order valence-electron chi connectivity index (χ3n) is 5.51. The van der Waals surface area contributed by atoms with Crippen LogP contribution in [0, 0.1) is 0 Å². The first-order valence-corrected chi connectivity index (χ1v) is 12.3. The van der Waals surface area contributed by atoms with E-state index in [1.165, 1.54) is 129 Å². The topological polar surface area (TPSA) is 38.0 Å². The molecule has 0 atom stereocenters. The minimum absolute atomic E-state index is 0.834. The van der Waals surface area contributed by atoms with Crippen LogP contribution in [0.25, 0.3) is 0 Å². The lowest BCUT2D eigenvalue weighted by molar-refractivity contribution is 0.520. The van der Waals surface area contributed by atoms with Crippen LogP contribution in [0.15, 0.2) is 0 Å². The van der Waals surface area contributed by atoms with Gasteiger partial charge in [0, 0.05) is 0 Å². The molecule has 0 heterocycles. The molecule has 0 saturated heterocycles. The van der Waals surface area contributed by atoms with Gasteiger partial charge in [-0.2, -0.15) is 0 Å². The van der Waals surface area contributed by atoms with Crippen molar-refractivity contribution in [3.05, 3.63) is 0 Å². The van der Waals surface area contributed by atoms with Crippen molar-refractivity contribution >= 4 is 0 Å². The Bertz CT molecular complexity index is 206. The molecule has 0 bridgehead atoms. The molecular weight excluding hydrogens is 316 g/mol. The maximum Gasteiger partial charge on any atom is -0.00484 e. The highest BCUT2D eigenvalue weighted by Crippen LogP contribution is 2.14. The summed E-state index contributed by atoms with van der Waals surface area (Å²) in [6, 6.07) is 0. The van der Waals surface area contributed by atoms with Crippen molar-refractivity contribution < 1.29 is 0 Å². The van der Waals surface area contributed by atoms with Crippen molar-refractivity contribution in [2.24, 2.45) is 5.73 Å². The van der Waals surface area contributed by atoms with E-state index in [-0.39, 0.29) is 0 Å². The van der Waals surface area contributed by atoms with Gasteiger partial charge in [-0.1, -0.05) is 116 Å². The molecule has 0 spiro atoms. The summed E-state index contributed by atoms with van der Waals surface area (Å²) < 4.78 is 0. The molecule has 0 saturated carbocycles. The van der Waals surface area contributed by atoms with Gasteiger partial charge in [0.05, 0.1) is 0 Å². The fraction of sp³-hybridized carbons (Fsp3) is 1.00. The van der Waals surface area contributed by atoms with Crippen molar-refractivity contribution in [1.29, 1.82) is 0 Å². The summed E-state index contributed by atoms with van der Waals surface area (Å²) in [5.41, 5.74) is 5.49. The molecular formula is C24H52N2. The van der Waals surface area contributed by atoms with Crippen LogP contribution >= 0.6 is 0 Å². The summed E-state index contributed by atoms with van der Waals surface area (Å²) in [7, 11) is 0. The number of rotatable bonds is 23. The summed E-state index contributed by atoms with van der Waals surface area (Å²) >= 11 is 0. The molecule has 0 aliphatic heterocycles. The standard InChI is InChI=1S/C24H52N2/c1-2-3-4-5-6-7-8-9-10-11-12-13-14-15-16-17-18-20-23-26-24-21-19-22-25/h26H,2-25H2,1H3. The van der Waals surface area contributed by atoms with E-state index in [9.17, 15) is 0 Å². The second-order valence-corrected chi connectivity index (χ2v) is 8.26. The molecule has 158 valence electrons. The monoisotopic (exact) mass is 368 g/mol. The Morgan fingerprint density at radius 3 is 1.08 bits per heavy atom. The van der Waals surface area contributed by atoms with Crippen LogP contribution in [-0.4, -0.2) is 19.6 Å². The first kappa shape index (κ1) is 25.9. The van der Waals surface area contributed by atoms with E-state index in [1.807, 2.05) is 0 Å². The molecule has 2 heteroatoms. The Morgan fingerprint density at radius 1 is 0.423 bits per heavy atom. The largest absolute Gasteiger partial charge is 0.330 e. The van der Waals surface area contributed by atoms with Gasteiger partial charge in [0.25, 0.3) is 0 Å². The van der Waals surface area contributed by atoms with Gasteiger partial charge in [0.2, 0.25) is 0 Å². The second-order valence-electron chi connectivity index (χ2n) is 8.26. The summed E-state index contributed by atoms with van der Waals surface area (Å²) in [5.74, 6) is 0. The summed E-state index contributed by atoms with van der Waals surface area (Å²) in [6.07, 6.45) is 28.5. The number of hydrogen-bond acceptors (Lipinski definition) is 2. The van der Waals surface area contributed by atoms with Gasteiger partial charge in [0.15, 0.2) is 0 Å². The lowest BCUT2D eigenvalue weighted by Crippen LogP contribution is -2.17. The predicted octanol–water partition coefficient (Wildman–Crippen LogP) is 7.36. The number of unbranched alkanes of at least 4 members (excludes halogenated alkanes) is 18. The molecule has 2 nitrogen and oxygen atoms in total. The minimum Gasteiger partial charge on any atom is -0.330 e. The van der Waals surface area contributed by atoms with Crippen LogP contribution < -0.4 is 11.1 Å². The highest BCUT2D eigenvalue weighted by Gasteiger charge is 1.95. The molecule has 0 aromatic carbocycles. The van der Waals surface area contributed by atoms with Crippen molar-refractivity contribution in [3.8, 4) is 0 Å². The first-order chi connectivity index (χ1) is 12.9. The van der Waals surface area contributed by atoms with Gasteiger partial charge >= 0.3 is 0 Å². The van der Waals surface area contributed by atoms with Gasteiger partial charge in [0.1, 0.15) is 0 Å². The zero-order valence-corrected chi connectivity index (χ0v) is 18.3. The van der Waals surface area contributed by atoms with Crippen molar-refractivity contribution in [3.63, 3.8) is 0 Å². The zero-order chi connectivity index (χ0) is 19.0. The molecule has 0 rings (SSSR count). The summed E-state index contributed by atoms with van der Waals surface area (Å²) in [4.78, 5) is 0. The van der Waals surface area contributed by atoms with E-state index >= 15 is 0 Å². The Hall–Kier alpha value is -0.0800. The van der Waals surface area contributed by atoms with Crippen molar-refractivity contribution in [1.82, 2.24) is 5.32 Å². The number of nitrogens with two attached hydrogens (primary N) is 1. The summed E-state index contributed by atoms with van der Waals surface area (Å²) in [6.45, 7) is 5.48. The maximum atomic E-state index is 5.49. The Balaban J connectivity index is 2.95. The number of hydrogen-bond donors (Lipinski definition) is 2. The van der Waals surface area contributed by atoms with E-state index in [4.69, 9.17) is 5.73 Å². The van der Waals surface area contributed by atoms with E-state index in [0.29, 0.717) is 0 Å². The maximum absolute atomic E-state index is 5.49. The van der Waals surface area contributed by atoms with Crippen LogP contribution in [-0.2, 0) is 0 Å². The van der Waals surface area contributed by atoms with Crippen molar-refractivity contribution in [2.45, 2.75) is 135 Å². The SMILES string of the molecule is CCCCCCCCCCCCCCCCCCCCNCCCCN. The quantitative estimate of drug-likeness (QED) is 0.185. The van der Waals surface area contributed by atoms with Gasteiger partial charge < -0.3 is 11.1 Å². The molecule has 0 radical (unpaired) electrons. The average molecular weight is 369 g/mol. The highest BCUT2D eigenvalue weighted by atomic mass is 14.8. The first-order valence-electron chi connectivity index (χ1n) is 12.3. The lowest BCUT2D eigenvalue weighted by atomic mass is 10.0. The van der Waals surface area contributed by atoms with Crippen LogP contribution in [0.5, 0.6) is 0 Å². The molecule has 0 aromatic rings. The van der Waals surface area contributed by atoms with Crippen LogP contribution in [0.1, 0.15) is 135 Å². The Morgan fingerprint density at radius 2 is 0.731 bits per heavy atom. The van der Waals surface area contributed by atoms with Crippen molar-refractivity contribution in [2.75, 3.05) is 19.6 Å². The van der Waals surface area contributed by atoms with Crippen LogP contribution in [0.3, 0.4) is 0 Å². The van der Waals surface area contributed by atoms with E-state index in [2.05, 4.69) is 12.2 Å². The lowest BCUT2D eigenvalue weighted by Gasteiger charge is -2.05. The molecule has 0 unspecified atom stereocenters. The highest BCUT2D eigenvalue weighted by molar-refractivity contribution is 4.52. The van der Waals surface area contributed by atoms with Gasteiger partial charge in [-0.3, -0.25) is 0 Å². The van der Waals surface area contributed by atoms with Crippen LogP contribution in [0.4, 0.5) is 0 Å². The predicted molar refractivity (Wildman–Crippen MR) is 120 cm³/mol. The fourth-order valence-electron chi connectivity index (χ4n) is 3.67. The van der Waals surface area contributed by atoms with Crippen LogP contribution in [0.2, 0.25) is 0 Å². The van der Waals surface area contributed by atoms with Gasteiger partial charge in [-0.25, -0.2) is 0 Å². The zero-order valence-electron chi connectivity index (χ0n) is 18.3. The second kappa shape index (κ2) is 24.9. The molecule has 0 amide bonds. The molecule has 26 heavy (non-hydrogen) atoms. The molecule has 0 aromatic heterocycles. The number of nitrogens with one attached hydrogen (secondary N) is 1. The van der Waals surface area contributed by atoms with E-state index < -0.39 is 0 Å². The average Bonchev–Trinajstić information content (AvgIpc) is 2.66. The third kappa shape index (κ3) is 23.9. The molecule has 0 aliphatic carbocycles.